The van der Waals surface area contributed by atoms with Crippen molar-refractivity contribution in [2.45, 2.75) is 6.61 Å². The third-order valence-corrected chi connectivity index (χ3v) is 4.60. The minimum atomic E-state index is -0.498. The van der Waals surface area contributed by atoms with Gasteiger partial charge in [0.15, 0.2) is 5.76 Å². The number of allylic oxidation sites excluding steroid dienone is 1. The number of nitro benzene ring substituents is 2. The van der Waals surface area contributed by atoms with E-state index in [-0.39, 0.29) is 29.5 Å². The molecule has 1 aliphatic rings. The summed E-state index contributed by atoms with van der Waals surface area (Å²) < 4.78 is 11.4. The van der Waals surface area contributed by atoms with Crippen LogP contribution in [0, 0.1) is 20.2 Å². The SMILES string of the molecule is O=C1/C(=C/c2ccc([N+](=O)[O-])cc2)Oc2cc(OCc3ccc([N+](=O)[O-])cc3)ccc21. The zero-order valence-electron chi connectivity index (χ0n) is 15.9. The monoisotopic (exact) mass is 418 g/mol. The van der Waals surface area contributed by atoms with Crippen LogP contribution in [0.3, 0.4) is 0 Å². The van der Waals surface area contributed by atoms with Gasteiger partial charge in [0.1, 0.15) is 18.1 Å². The molecule has 3 aromatic rings. The van der Waals surface area contributed by atoms with Crippen molar-refractivity contribution in [3.63, 3.8) is 0 Å². The van der Waals surface area contributed by atoms with Crippen molar-refractivity contribution in [3.8, 4) is 11.5 Å². The van der Waals surface area contributed by atoms with Gasteiger partial charge in [-0.15, -0.1) is 0 Å². The molecule has 1 heterocycles. The van der Waals surface area contributed by atoms with Gasteiger partial charge < -0.3 is 9.47 Å². The lowest BCUT2D eigenvalue weighted by atomic mass is 10.1. The highest BCUT2D eigenvalue weighted by molar-refractivity contribution is 6.14. The molecule has 0 spiro atoms. The van der Waals surface area contributed by atoms with Crippen LogP contribution in [0.2, 0.25) is 0 Å². The first-order chi connectivity index (χ1) is 14.9. The standard InChI is InChI=1S/C22H14N2O7/c25-22-19-10-9-18(30-13-15-3-7-17(8-4-15)24(28)29)12-20(19)31-21(22)11-14-1-5-16(6-2-14)23(26)27/h1-12H,13H2/b21-11-. The molecule has 0 atom stereocenters. The van der Waals surface area contributed by atoms with Crippen LogP contribution in [-0.4, -0.2) is 15.6 Å². The van der Waals surface area contributed by atoms with Gasteiger partial charge in [-0.3, -0.25) is 25.0 Å². The third kappa shape index (κ3) is 4.25. The number of benzene rings is 3. The molecule has 0 amide bonds. The summed E-state index contributed by atoms with van der Waals surface area (Å²) in [6, 6.07) is 16.6. The Bertz CT molecular complexity index is 1220. The maximum atomic E-state index is 12.6. The quantitative estimate of drug-likeness (QED) is 0.323. The normalized spacial score (nSPS) is 13.5. The van der Waals surface area contributed by atoms with Gasteiger partial charge in [-0.25, -0.2) is 0 Å². The van der Waals surface area contributed by atoms with E-state index in [0.717, 1.165) is 5.56 Å². The number of hydrogen-bond donors (Lipinski definition) is 0. The number of hydrogen-bond acceptors (Lipinski definition) is 7. The summed E-state index contributed by atoms with van der Waals surface area (Å²) in [7, 11) is 0. The summed E-state index contributed by atoms with van der Waals surface area (Å²) in [5.74, 6) is 0.632. The number of fused-ring (bicyclic) bond motifs is 1. The average Bonchev–Trinajstić information content (AvgIpc) is 3.07. The number of rotatable bonds is 6. The summed E-state index contributed by atoms with van der Waals surface area (Å²) >= 11 is 0. The van der Waals surface area contributed by atoms with E-state index in [4.69, 9.17) is 9.47 Å². The van der Waals surface area contributed by atoms with Crippen molar-refractivity contribution in [2.75, 3.05) is 0 Å². The Morgan fingerprint density at radius 3 is 2.10 bits per heavy atom. The Labute approximate surface area is 175 Å². The highest BCUT2D eigenvalue weighted by Crippen LogP contribution is 2.35. The van der Waals surface area contributed by atoms with E-state index in [0.29, 0.717) is 22.6 Å². The zero-order valence-corrected chi connectivity index (χ0v) is 15.9. The fourth-order valence-corrected chi connectivity index (χ4v) is 2.98. The molecule has 1 aliphatic heterocycles. The molecule has 0 aromatic heterocycles. The molecule has 0 radical (unpaired) electrons. The lowest BCUT2D eigenvalue weighted by molar-refractivity contribution is -0.385. The van der Waals surface area contributed by atoms with E-state index >= 15 is 0 Å². The first-order valence-electron chi connectivity index (χ1n) is 9.09. The summed E-state index contributed by atoms with van der Waals surface area (Å²) in [4.78, 5) is 33.0. The topological polar surface area (TPSA) is 122 Å². The highest BCUT2D eigenvalue weighted by Gasteiger charge is 2.27. The molecule has 0 aliphatic carbocycles. The van der Waals surface area contributed by atoms with Crippen molar-refractivity contribution >= 4 is 23.2 Å². The Morgan fingerprint density at radius 2 is 1.48 bits per heavy atom. The molecule has 9 nitrogen and oxygen atoms in total. The Morgan fingerprint density at radius 1 is 0.871 bits per heavy atom. The van der Waals surface area contributed by atoms with E-state index in [1.54, 1.807) is 30.3 Å². The first-order valence-corrected chi connectivity index (χ1v) is 9.09. The van der Waals surface area contributed by atoms with Crippen LogP contribution in [0.5, 0.6) is 11.5 Å². The number of nitrogens with zero attached hydrogens (tertiary/aromatic N) is 2. The molecule has 9 heteroatoms. The lowest BCUT2D eigenvalue weighted by Crippen LogP contribution is -1.98. The number of nitro groups is 2. The second-order valence-electron chi connectivity index (χ2n) is 6.66. The Kier molecular flexibility index (Phi) is 5.15. The van der Waals surface area contributed by atoms with Crippen LogP contribution in [-0.2, 0) is 6.61 Å². The molecule has 0 bridgehead atoms. The van der Waals surface area contributed by atoms with Gasteiger partial charge in [0.25, 0.3) is 11.4 Å². The maximum Gasteiger partial charge on any atom is 0.269 e. The average molecular weight is 418 g/mol. The molecule has 3 aromatic carbocycles. The summed E-state index contributed by atoms with van der Waals surface area (Å²) in [6.07, 6.45) is 1.52. The summed E-state index contributed by atoms with van der Waals surface area (Å²) in [6.45, 7) is 0.191. The molecular formula is C22H14N2O7. The van der Waals surface area contributed by atoms with Crippen LogP contribution in [0.4, 0.5) is 11.4 Å². The predicted molar refractivity (Wildman–Crippen MR) is 110 cm³/mol. The summed E-state index contributed by atoms with van der Waals surface area (Å²) in [5.41, 5.74) is 1.69. The third-order valence-electron chi connectivity index (χ3n) is 4.60. The summed E-state index contributed by atoms with van der Waals surface area (Å²) in [5, 5.41) is 21.5. The second-order valence-corrected chi connectivity index (χ2v) is 6.66. The van der Waals surface area contributed by atoms with Gasteiger partial charge in [-0.05, 0) is 53.6 Å². The van der Waals surface area contributed by atoms with Crippen molar-refractivity contribution in [2.24, 2.45) is 0 Å². The molecule has 0 saturated heterocycles. The molecule has 0 saturated carbocycles. The fraction of sp³-hybridized carbons (Fsp3) is 0.0455. The van der Waals surface area contributed by atoms with Crippen molar-refractivity contribution in [1.82, 2.24) is 0 Å². The van der Waals surface area contributed by atoms with Crippen molar-refractivity contribution in [1.29, 1.82) is 0 Å². The van der Waals surface area contributed by atoms with Gasteiger partial charge in [0, 0.05) is 30.3 Å². The van der Waals surface area contributed by atoms with Gasteiger partial charge in [-0.2, -0.15) is 0 Å². The van der Waals surface area contributed by atoms with Gasteiger partial charge in [0.2, 0.25) is 5.78 Å². The smallest absolute Gasteiger partial charge is 0.269 e. The van der Waals surface area contributed by atoms with E-state index in [2.05, 4.69) is 0 Å². The Balaban J connectivity index is 1.46. The van der Waals surface area contributed by atoms with E-state index in [1.165, 1.54) is 42.5 Å². The van der Waals surface area contributed by atoms with Crippen LogP contribution in [0.25, 0.3) is 6.08 Å². The molecule has 0 unspecified atom stereocenters. The van der Waals surface area contributed by atoms with Gasteiger partial charge >= 0.3 is 0 Å². The van der Waals surface area contributed by atoms with Crippen LogP contribution >= 0.6 is 0 Å². The minimum Gasteiger partial charge on any atom is -0.489 e. The molecule has 154 valence electrons. The molecular weight excluding hydrogens is 404 g/mol. The van der Waals surface area contributed by atoms with Crippen molar-refractivity contribution in [3.05, 3.63) is 109 Å². The largest absolute Gasteiger partial charge is 0.489 e. The fourth-order valence-electron chi connectivity index (χ4n) is 2.98. The maximum absolute atomic E-state index is 12.6. The molecule has 0 fully saturated rings. The van der Waals surface area contributed by atoms with E-state index < -0.39 is 9.85 Å². The lowest BCUT2D eigenvalue weighted by Gasteiger charge is -2.07. The van der Waals surface area contributed by atoms with Crippen LogP contribution < -0.4 is 9.47 Å². The van der Waals surface area contributed by atoms with Gasteiger partial charge in [-0.1, -0.05) is 0 Å². The molecule has 4 rings (SSSR count). The van der Waals surface area contributed by atoms with Gasteiger partial charge in [0.05, 0.1) is 15.4 Å². The number of carbonyl (C=O) groups excluding carboxylic acids is 1. The number of non-ortho nitro benzene ring substituents is 2. The van der Waals surface area contributed by atoms with Crippen LogP contribution in [0.15, 0.2) is 72.5 Å². The zero-order chi connectivity index (χ0) is 22.0. The van der Waals surface area contributed by atoms with E-state index in [9.17, 15) is 25.0 Å². The molecule has 0 N–H and O–H groups in total. The highest BCUT2D eigenvalue weighted by atomic mass is 16.6. The number of Topliss-reactive ketones (excluding diaryl/α,β-unsaturated/α-hetero) is 1. The predicted octanol–water partition coefficient (Wildman–Crippen LogP) is 4.70. The Hall–Kier alpha value is -4.53. The number of carbonyl (C=O) groups is 1. The van der Waals surface area contributed by atoms with Crippen LogP contribution in [0.1, 0.15) is 21.5 Å². The number of ether oxygens (including phenoxy) is 2. The minimum absolute atomic E-state index is 0.000492. The van der Waals surface area contributed by atoms with E-state index in [1.807, 2.05) is 0 Å². The number of ketones is 1. The first kappa shape index (κ1) is 19.8. The second kappa shape index (κ2) is 8.07. The molecule has 31 heavy (non-hydrogen) atoms. The van der Waals surface area contributed by atoms with Crippen molar-refractivity contribution < 1.29 is 24.1 Å².